The second-order valence-electron chi connectivity index (χ2n) is 28.1. The van der Waals surface area contributed by atoms with E-state index in [4.69, 9.17) is 47.4 Å². The van der Waals surface area contributed by atoms with Crippen LogP contribution in [-0.2, 0) is 57.0 Å². The molecule has 0 radical (unpaired) electrons. The maximum absolute atomic E-state index is 15.8. The number of ether oxygens (including phenoxy) is 10. The van der Waals surface area contributed by atoms with Gasteiger partial charge in [0.1, 0.15) is 91.1 Å². The van der Waals surface area contributed by atoms with Gasteiger partial charge in [-0.2, -0.15) is 0 Å². The molecule has 492 valence electrons. The second-order valence-corrected chi connectivity index (χ2v) is 28.1. The minimum absolute atomic E-state index is 0.0162. The minimum atomic E-state index is -2.19. The Hall–Kier alpha value is -2.28. The third-order valence-corrected chi connectivity index (χ3v) is 22.8. The van der Waals surface area contributed by atoms with Crippen molar-refractivity contribution in [1.82, 2.24) is 0 Å². The van der Waals surface area contributed by atoms with Gasteiger partial charge in [0.2, 0.25) is 6.29 Å². The van der Waals surface area contributed by atoms with E-state index in [0.717, 1.165) is 5.57 Å². The molecule has 28 nitrogen and oxygen atoms in total. The van der Waals surface area contributed by atoms with Gasteiger partial charge in [-0.25, -0.2) is 0 Å². The van der Waals surface area contributed by atoms with Gasteiger partial charge in [-0.15, -0.1) is 0 Å². The molecular formula is C58H92O28. The van der Waals surface area contributed by atoms with Crippen LogP contribution in [0.5, 0.6) is 0 Å². The molecule has 0 aromatic rings. The summed E-state index contributed by atoms with van der Waals surface area (Å²) in [6, 6.07) is 0. The van der Waals surface area contributed by atoms with Gasteiger partial charge in [0.25, 0.3) is 0 Å². The van der Waals surface area contributed by atoms with Gasteiger partial charge in [0.15, 0.2) is 31.3 Å². The van der Waals surface area contributed by atoms with Crippen molar-refractivity contribution in [3.8, 4) is 0 Å². The molecule has 0 amide bonds. The van der Waals surface area contributed by atoms with E-state index in [9.17, 15) is 86.5 Å². The molecule has 0 aromatic carbocycles. The highest BCUT2D eigenvalue weighted by atomic mass is 16.8. The lowest BCUT2D eigenvalue weighted by atomic mass is 9.33. The molecule has 32 atom stereocenters. The molecule has 0 bridgehead atoms. The van der Waals surface area contributed by atoms with E-state index in [2.05, 4.69) is 26.8 Å². The lowest BCUT2D eigenvalue weighted by Gasteiger charge is -2.71. The highest BCUT2D eigenvalue weighted by Crippen LogP contribution is 2.76. The number of allylic oxidation sites excluding steroid dienone is 1. The molecule has 16 N–H and O–H groups in total. The number of aliphatic carboxylic acids is 1. The first-order valence-electron chi connectivity index (χ1n) is 30.2. The summed E-state index contributed by atoms with van der Waals surface area (Å²) in [5.74, 6) is -3.67. The van der Waals surface area contributed by atoms with E-state index >= 15 is 4.79 Å². The minimum Gasteiger partial charge on any atom is -0.481 e. The average molecular weight is 1240 g/mol. The number of aliphatic hydroxyl groups is 15. The van der Waals surface area contributed by atoms with Crippen molar-refractivity contribution in [3.05, 3.63) is 11.6 Å². The first-order valence-corrected chi connectivity index (χ1v) is 30.2. The molecule has 10 rings (SSSR count). The Kier molecular flexibility index (Phi) is 18.6. The molecule has 5 aliphatic heterocycles. The monoisotopic (exact) mass is 1240 g/mol. The van der Waals surface area contributed by atoms with E-state index in [1.165, 1.54) is 20.8 Å². The van der Waals surface area contributed by atoms with E-state index in [1.807, 2.05) is 6.92 Å². The molecule has 10 aliphatic rings. The molecule has 0 spiro atoms. The van der Waals surface area contributed by atoms with Crippen LogP contribution >= 0.6 is 0 Å². The Morgan fingerprint density at radius 1 is 0.605 bits per heavy atom. The van der Waals surface area contributed by atoms with Crippen LogP contribution < -0.4 is 0 Å². The third-order valence-electron chi connectivity index (χ3n) is 22.8. The summed E-state index contributed by atoms with van der Waals surface area (Å²) in [6.45, 7) is 9.49. The van der Waals surface area contributed by atoms with Crippen LogP contribution in [0.1, 0.15) is 106 Å². The number of carboxylic acid groups (broad SMARTS) is 1. The van der Waals surface area contributed by atoms with Crippen molar-refractivity contribution in [1.29, 1.82) is 0 Å². The summed E-state index contributed by atoms with van der Waals surface area (Å²) in [7, 11) is 0. The summed E-state index contributed by atoms with van der Waals surface area (Å²) in [5, 5.41) is 176. The van der Waals surface area contributed by atoms with Crippen molar-refractivity contribution in [3.63, 3.8) is 0 Å². The van der Waals surface area contributed by atoms with Crippen molar-refractivity contribution in [2.75, 3.05) is 33.0 Å². The van der Waals surface area contributed by atoms with Crippen LogP contribution in [0.15, 0.2) is 11.6 Å². The number of carbonyl (C=O) groups excluding carboxylic acids is 1. The van der Waals surface area contributed by atoms with Gasteiger partial charge >= 0.3 is 11.9 Å². The summed E-state index contributed by atoms with van der Waals surface area (Å²) in [4.78, 5) is 29.7. The highest BCUT2D eigenvalue weighted by molar-refractivity contribution is 5.79. The maximum Gasteiger partial charge on any atom is 0.315 e. The van der Waals surface area contributed by atoms with Gasteiger partial charge in [-0.1, -0.05) is 39.3 Å². The fraction of sp³-hybridized carbons (Fsp3) is 0.931. The molecule has 5 aliphatic carbocycles. The summed E-state index contributed by atoms with van der Waals surface area (Å²) < 4.78 is 60.1. The van der Waals surface area contributed by atoms with Crippen LogP contribution in [0.2, 0.25) is 0 Å². The zero-order valence-electron chi connectivity index (χ0n) is 49.5. The molecule has 4 saturated carbocycles. The van der Waals surface area contributed by atoms with Gasteiger partial charge < -0.3 is 129 Å². The maximum atomic E-state index is 15.8. The second kappa shape index (κ2) is 24.0. The lowest BCUT2D eigenvalue weighted by Crippen LogP contribution is -2.71. The molecule has 28 heteroatoms. The van der Waals surface area contributed by atoms with Crippen LogP contribution in [-0.4, -0.2) is 274 Å². The van der Waals surface area contributed by atoms with E-state index < -0.39 is 224 Å². The number of esters is 1. The number of fused-ring (bicyclic) bond motifs is 7. The Morgan fingerprint density at radius 2 is 1.23 bits per heavy atom. The smallest absolute Gasteiger partial charge is 0.315 e. The lowest BCUT2D eigenvalue weighted by molar-refractivity contribution is -0.382. The average Bonchev–Trinajstić information content (AvgIpc) is 0.734. The number of carbonyl (C=O) groups is 2. The Bertz CT molecular complexity index is 2470. The molecule has 0 unspecified atom stereocenters. The number of carboxylic acids is 1. The SMILES string of the molecule is C[C@@H]1O[C@@H](O[C@H]2[C@H](OC(=O)[C@]34CCC(C)(C)C[C@H]3C3=CC[C@@H]5[C@@]6(C)C[C@H](O)[C@H](O[C@@H]7O[C@H](CO)[C@@H](O)[C@H](O)[C@H]7O)[C@@](C)(C(=O)O)[C@@H]6CC[C@@]5(C)[C@]3(CO)CC4)O[C@H](C)[C@H](O)[C@@H]2O[C@@H]2OC[C@](O)(CO)[C@H]2O)[C@H](O)[C@H](O)[C@H]1O[C@@H]1OC[C@@H](O)[C@H](O)[C@H]1O. The fourth-order valence-electron chi connectivity index (χ4n) is 17.6. The largest absolute Gasteiger partial charge is 0.481 e. The number of hydrogen-bond donors (Lipinski definition) is 16. The van der Waals surface area contributed by atoms with E-state index in [1.54, 1.807) is 0 Å². The topological polar surface area (TPSA) is 450 Å². The van der Waals surface area contributed by atoms with E-state index in [-0.39, 0.29) is 43.6 Å². The van der Waals surface area contributed by atoms with Crippen LogP contribution in [0.3, 0.4) is 0 Å². The van der Waals surface area contributed by atoms with Crippen molar-refractivity contribution < 1.29 is 139 Å². The highest BCUT2D eigenvalue weighted by Gasteiger charge is 2.74. The molecule has 86 heavy (non-hydrogen) atoms. The Balaban J connectivity index is 0.953. The first-order chi connectivity index (χ1) is 40.2. The van der Waals surface area contributed by atoms with Crippen LogP contribution in [0, 0.1) is 50.2 Å². The van der Waals surface area contributed by atoms with Gasteiger partial charge in [-0.3, -0.25) is 9.59 Å². The zero-order valence-corrected chi connectivity index (χ0v) is 49.5. The van der Waals surface area contributed by atoms with Gasteiger partial charge in [0, 0.05) is 5.41 Å². The normalized spacial score (nSPS) is 54.6. The Morgan fingerprint density at radius 3 is 1.88 bits per heavy atom. The predicted molar refractivity (Wildman–Crippen MR) is 285 cm³/mol. The Labute approximate surface area is 497 Å². The van der Waals surface area contributed by atoms with E-state index in [0.29, 0.717) is 32.1 Å². The van der Waals surface area contributed by atoms with Crippen LogP contribution in [0.25, 0.3) is 0 Å². The van der Waals surface area contributed by atoms with Crippen molar-refractivity contribution in [2.24, 2.45) is 50.2 Å². The molecular weight excluding hydrogens is 1140 g/mol. The standard InChI is InChI=1S/C58H92O28/c1-23-32(64)41(83-49-43(72)58(76,21-61)22-78-49)42(84-46-39(71)36(68)40(24(2)80-46)82-45-37(69)33(65)28(63)19-77-45)48(79-23)86-51(75)56-13-12-52(3,4)16-26(56)25-8-9-30-53(5)17-27(62)44(85-47-38(70)35(67)34(66)29(18-59)81-47)55(7,50(73)74)31(53)10-11-54(30,6)57(25,20-60)15-14-56/h8,23-24,26-49,59-72,76H,9-22H2,1-7H3,(H,73,74)/t23-,24+,26+,27+,28-,29-,30-,31-,32+,33+,34-,35+,36+,37-,38-,39-,40+,41+,42-,43+,44+,45+,46+,47+,48+,49+,53-,54-,55+,56+,57+,58-/m1/s1. The first kappa shape index (κ1) is 66.6. The molecule has 0 aromatic heterocycles. The molecule has 9 fully saturated rings. The van der Waals surface area contributed by atoms with Gasteiger partial charge in [-0.05, 0) is 113 Å². The summed E-state index contributed by atoms with van der Waals surface area (Å²) in [6.07, 6.45) is -33.4. The zero-order chi connectivity index (χ0) is 62.9. The van der Waals surface area contributed by atoms with Crippen molar-refractivity contribution in [2.45, 2.75) is 253 Å². The molecule has 5 saturated heterocycles. The molecule has 5 heterocycles. The number of hydrogen-bond acceptors (Lipinski definition) is 27. The number of rotatable bonds is 14. The third kappa shape index (κ3) is 10.5. The fourth-order valence-corrected chi connectivity index (χ4v) is 17.6. The summed E-state index contributed by atoms with van der Waals surface area (Å²) in [5.41, 5.74) is -7.59. The summed E-state index contributed by atoms with van der Waals surface area (Å²) >= 11 is 0. The van der Waals surface area contributed by atoms with Crippen LogP contribution in [0.4, 0.5) is 0 Å². The number of aliphatic hydroxyl groups excluding tert-OH is 14. The quantitative estimate of drug-likeness (QED) is 0.0449. The predicted octanol–water partition coefficient (Wildman–Crippen LogP) is -3.87. The van der Waals surface area contributed by atoms with Crippen molar-refractivity contribution >= 4 is 11.9 Å². The van der Waals surface area contributed by atoms with Gasteiger partial charge in [0.05, 0.1) is 62.2 Å².